The summed E-state index contributed by atoms with van der Waals surface area (Å²) in [4.78, 5) is 32.3. The van der Waals surface area contributed by atoms with Crippen LogP contribution in [-0.2, 0) is 54.8 Å². The van der Waals surface area contributed by atoms with Crippen LogP contribution in [0.3, 0.4) is 0 Å². The van der Waals surface area contributed by atoms with E-state index < -0.39 is 35.4 Å². The Morgan fingerprint density at radius 3 is 1.54 bits per heavy atom. The molecular formula is C46H52BBrF6N10O6. The molecule has 4 aromatic heterocycles. The number of carbonyl (C=O) groups excluding carboxylic acids is 2. The fourth-order valence-electron chi connectivity index (χ4n) is 6.29. The fourth-order valence-corrected chi connectivity index (χ4v) is 6.59. The van der Waals surface area contributed by atoms with E-state index in [4.69, 9.17) is 18.8 Å². The Morgan fingerprint density at radius 2 is 1.13 bits per heavy atom. The van der Waals surface area contributed by atoms with Crippen LogP contribution in [0, 0.1) is 13.8 Å². The fraction of sp³-hybridized carbons (Fsp3) is 0.391. The molecule has 0 unspecified atom stereocenters. The van der Waals surface area contributed by atoms with Crippen molar-refractivity contribution in [2.24, 2.45) is 14.1 Å². The largest absolute Gasteiger partial charge is 0.498 e. The third-order valence-electron chi connectivity index (χ3n) is 10.2. The molecule has 24 heteroatoms. The number of halogens is 7. The van der Waals surface area contributed by atoms with E-state index in [9.17, 15) is 35.9 Å². The number of nitrogens with zero attached hydrogens (tertiary/aromatic N) is 10. The van der Waals surface area contributed by atoms with E-state index in [1.54, 1.807) is 77.8 Å². The van der Waals surface area contributed by atoms with E-state index in [1.807, 2.05) is 40.9 Å². The zero-order valence-electron chi connectivity index (χ0n) is 40.4. The first-order valence-electron chi connectivity index (χ1n) is 21.5. The second-order valence-electron chi connectivity index (χ2n) is 17.6. The van der Waals surface area contributed by atoms with Crippen molar-refractivity contribution < 1.29 is 54.7 Å². The lowest BCUT2D eigenvalue weighted by molar-refractivity contribution is -0.142. The molecule has 1 aliphatic heterocycles. The molecule has 0 radical (unpaired) electrons. The van der Waals surface area contributed by atoms with Crippen LogP contribution >= 0.6 is 15.9 Å². The Kier molecular flexibility index (Phi) is 16.9. The summed E-state index contributed by atoms with van der Waals surface area (Å²) in [5.74, 6) is -0.946. The molecule has 0 amide bonds. The maximum atomic E-state index is 13.1. The van der Waals surface area contributed by atoms with Gasteiger partial charge in [-0.25, -0.2) is 28.9 Å². The molecule has 16 nitrogen and oxygen atoms in total. The van der Waals surface area contributed by atoms with Crippen molar-refractivity contribution in [3.63, 3.8) is 0 Å². The molecule has 0 spiro atoms. The summed E-state index contributed by atoms with van der Waals surface area (Å²) < 4.78 is 106. The van der Waals surface area contributed by atoms with E-state index in [0.717, 1.165) is 29.7 Å². The van der Waals surface area contributed by atoms with Gasteiger partial charge < -0.3 is 18.8 Å². The minimum atomic E-state index is -4.47. The van der Waals surface area contributed by atoms with Crippen LogP contribution in [0.15, 0.2) is 78.3 Å². The normalized spacial score (nSPS) is 14.8. The minimum Gasteiger partial charge on any atom is -0.459 e. The lowest BCUT2D eigenvalue weighted by Gasteiger charge is -2.32. The third kappa shape index (κ3) is 14.6. The number of rotatable bonds is 10. The number of esters is 2. The van der Waals surface area contributed by atoms with E-state index in [0.29, 0.717) is 16.7 Å². The van der Waals surface area contributed by atoms with Gasteiger partial charge in [-0.1, -0.05) is 0 Å². The van der Waals surface area contributed by atoms with Crippen molar-refractivity contribution >= 4 is 58.4 Å². The van der Waals surface area contributed by atoms with E-state index in [1.165, 1.54) is 45.3 Å². The zero-order chi connectivity index (χ0) is 52.1. The van der Waals surface area contributed by atoms with Crippen LogP contribution in [0.4, 0.5) is 26.3 Å². The van der Waals surface area contributed by atoms with Gasteiger partial charge in [-0.05, 0) is 133 Å². The molecule has 5 heterocycles. The molecule has 70 heavy (non-hydrogen) atoms. The molecule has 7 rings (SSSR count). The first kappa shape index (κ1) is 54.5. The lowest BCUT2D eigenvalue weighted by Crippen LogP contribution is -2.41. The summed E-state index contributed by atoms with van der Waals surface area (Å²) in [6.07, 6.45) is 2.61. The number of ether oxygens (including phenoxy) is 2. The van der Waals surface area contributed by atoms with Gasteiger partial charge in [0.2, 0.25) is 0 Å². The second-order valence-corrected chi connectivity index (χ2v) is 18.5. The third-order valence-corrected chi connectivity index (χ3v) is 10.7. The standard InChI is InChI=1S/C20H20F3N5O2.C16H15BrF3N3O2.C10H17BN2O2/c1-12(2)30-19(29)17(15-8-25-27(4)9-15)10-28-11-24-18(26-28)14-5-13(3)6-16(7-14)20(21,22)23;1-9(2)25-15(24)13(17)7-23-8-21-14(22-23)11-4-10(3)5-12(6-11)16(18,19)20;1-9(2)10(3,4)15-11(14-9)8-6-12-13(5)7-8/h5-12H,1-4H3;4-9H,1-3H3;6-7H,1-5H3/b17-10+;13-7-;. The minimum absolute atomic E-state index is 0.100. The highest BCUT2D eigenvalue weighted by atomic mass is 79.9. The molecule has 6 aromatic rings. The molecular weight excluding hydrogens is 993 g/mol. The first-order valence-corrected chi connectivity index (χ1v) is 22.2. The maximum absolute atomic E-state index is 13.1. The number of aromatic nitrogens is 10. The first-order chi connectivity index (χ1) is 32.4. The summed E-state index contributed by atoms with van der Waals surface area (Å²) >= 11 is 3.07. The number of carbonyl (C=O) groups is 2. The zero-order valence-corrected chi connectivity index (χ0v) is 42.0. The maximum Gasteiger partial charge on any atom is 0.498 e. The van der Waals surface area contributed by atoms with Crippen molar-refractivity contribution in [3.8, 4) is 22.8 Å². The molecule has 1 aliphatic rings. The van der Waals surface area contributed by atoms with Gasteiger partial charge in [0.25, 0.3) is 0 Å². The van der Waals surface area contributed by atoms with Gasteiger partial charge in [-0.2, -0.15) is 36.5 Å². The van der Waals surface area contributed by atoms with Crippen LogP contribution in [0.1, 0.15) is 83.2 Å². The molecule has 0 N–H and O–H groups in total. The highest BCUT2D eigenvalue weighted by Gasteiger charge is 2.52. The van der Waals surface area contributed by atoms with Crippen molar-refractivity contribution in [3.05, 3.63) is 106 Å². The summed E-state index contributed by atoms with van der Waals surface area (Å²) in [7, 11) is 3.29. The summed E-state index contributed by atoms with van der Waals surface area (Å²) in [5, 5.41) is 16.4. The number of hydrogen-bond acceptors (Lipinski definition) is 12. The highest BCUT2D eigenvalue weighted by Crippen LogP contribution is 2.37. The van der Waals surface area contributed by atoms with Crippen molar-refractivity contribution in [1.82, 2.24) is 49.1 Å². The molecule has 1 fully saturated rings. The van der Waals surface area contributed by atoms with Gasteiger partial charge >= 0.3 is 31.4 Å². The van der Waals surface area contributed by atoms with Gasteiger partial charge in [-0.15, -0.1) is 10.2 Å². The molecule has 0 bridgehead atoms. The Balaban J connectivity index is 0.000000206. The predicted octanol–water partition coefficient (Wildman–Crippen LogP) is 9.09. The Labute approximate surface area is 409 Å². The SMILES string of the molecule is Cc1cc(-c2ncn(/C=C(/C(=O)OC(C)C)c3cnn(C)c3)n2)cc(C(F)(F)F)c1.Cc1cc(-c2ncn(/C=C(\Br)C(=O)OC(C)C)n2)cc(C(F)(F)F)c1.Cn1cc(B2OC(C)(C)C(C)(C)O2)cn1. The van der Waals surface area contributed by atoms with Gasteiger partial charge in [0, 0.05) is 61.0 Å². The Hall–Kier alpha value is -6.40. The second kappa shape index (κ2) is 21.7. The predicted molar refractivity (Wildman–Crippen MR) is 252 cm³/mol. The van der Waals surface area contributed by atoms with Crippen molar-refractivity contribution in [2.45, 2.75) is 105 Å². The molecule has 1 saturated heterocycles. The van der Waals surface area contributed by atoms with Gasteiger partial charge in [-0.3, -0.25) is 9.36 Å². The van der Waals surface area contributed by atoms with Crippen LogP contribution in [0.5, 0.6) is 0 Å². The monoisotopic (exact) mass is 1040 g/mol. The van der Waals surface area contributed by atoms with Crippen LogP contribution in [0.25, 0.3) is 40.7 Å². The van der Waals surface area contributed by atoms with Crippen LogP contribution in [0.2, 0.25) is 0 Å². The van der Waals surface area contributed by atoms with Gasteiger partial charge in [0.05, 0.1) is 52.5 Å². The average molecular weight is 1050 g/mol. The molecule has 0 aliphatic carbocycles. The molecule has 0 atom stereocenters. The number of hydrogen-bond donors (Lipinski definition) is 0. The smallest absolute Gasteiger partial charge is 0.459 e. The average Bonchev–Trinajstić information content (AvgIpc) is 4.09. The molecule has 374 valence electrons. The van der Waals surface area contributed by atoms with Gasteiger partial charge in [0.1, 0.15) is 17.1 Å². The van der Waals surface area contributed by atoms with Crippen molar-refractivity contribution in [1.29, 1.82) is 0 Å². The summed E-state index contributed by atoms with van der Waals surface area (Å²) in [6, 6.07) is 7.21. The topological polar surface area (TPSA) is 168 Å². The van der Waals surface area contributed by atoms with E-state index in [2.05, 4.69) is 46.3 Å². The highest BCUT2D eigenvalue weighted by molar-refractivity contribution is 9.12. The summed E-state index contributed by atoms with van der Waals surface area (Å²) in [5.41, 5.74) is 0.891. The quantitative estimate of drug-likeness (QED) is 0.0553. The Morgan fingerprint density at radius 1 is 0.686 bits per heavy atom. The van der Waals surface area contributed by atoms with Crippen LogP contribution in [-0.4, -0.2) is 91.6 Å². The Bertz CT molecular complexity index is 2850. The van der Waals surface area contributed by atoms with E-state index >= 15 is 0 Å². The lowest BCUT2D eigenvalue weighted by atomic mass is 9.82. The van der Waals surface area contributed by atoms with Crippen molar-refractivity contribution in [2.75, 3.05) is 0 Å². The van der Waals surface area contributed by atoms with E-state index in [-0.39, 0.29) is 63.4 Å². The number of benzene rings is 2. The molecule has 2 aromatic carbocycles. The molecule has 0 saturated carbocycles. The number of alkyl halides is 6. The summed E-state index contributed by atoms with van der Waals surface area (Å²) in [6.45, 7) is 18.2. The van der Waals surface area contributed by atoms with Gasteiger partial charge in [0.15, 0.2) is 11.6 Å². The number of aryl methyl sites for hydroxylation is 4. The van der Waals surface area contributed by atoms with Crippen LogP contribution < -0.4 is 5.46 Å².